The zero-order valence-corrected chi connectivity index (χ0v) is 17.6. The Hall–Kier alpha value is -1.65. The summed E-state index contributed by atoms with van der Waals surface area (Å²) in [6, 6.07) is 0. The Morgan fingerprint density at radius 3 is 2.35 bits per heavy atom. The van der Waals surface area contributed by atoms with E-state index in [2.05, 4.69) is 22.0 Å². The van der Waals surface area contributed by atoms with E-state index < -0.39 is 12.1 Å². The van der Waals surface area contributed by atoms with E-state index in [1.165, 1.54) is 6.42 Å². The Balaban J connectivity index is 0.000000339. The van der Waals surface area contributed by atoms with E-state index in [4.69, 9.17) is 19.4 Å². The lowest BCUT2D eigenvalue weighted by Crippen LogP contribution is -2.49. The van der Waals surface area contributed by atoms with Gasteiger partial charge in [-0.05, 0) is 38.5 Å². The Morgan fingerprint density at radius 2 is 1.74 bits per heavy atom. The van der Waals surface area contributed by atoms with E-state index in [9.17, 15) is 18.0 Å². The fourth-order valence-corrected chi connectivity index (χ4v) is 4.73. The molecule has 3 fully saturated rings. The maximum absolute atomic E-state index is 12.7. The highest BCUT2D eigenvalue weighted by molar-refractivity contribution is 5.80. The minimum atomic E-state index is -5.08. The monoisotopic (exact) mass is 448 g/mol. The molecule has 31 heavy (non-hydrogen) atoms. The largest absolute Gasteiger partial charge is 0.490 e. The molecule has 4 aliphatic rings. The first-order valence-electron chi connectivity index (χ1n) is 10.9. The molecule has 176 valence electrons. The molecule has 1 N–H and O–H groups in total. The van der Waals surface area contributed by atoms with E-state index in [1.807, 2.05) is 0 Å². The van der Waals surface area contributed by atoms with Crippen molar-refractivity contribution in [3.8, 4) is 0 Å². The second kappa shape index (κ2) is 10.3. The highest BCUT2D eigenvalue weighted by Crippen LogP contribution is 2.38. The number of amides is 1. The van der Waals surface area contributed by atoms with Gasteiger partial charge in [-0.15, -0.1) is 0 Å². The molecule has 3 heterocycles. The molecule has 0 bridgehead atoms. The van der Waals surface area contributed by atoms with E-state index in [1.54, 1.807) is 0 Å². The number of likely N-dealkylation sites (tertiary alicyclic amines) is 1. The van der Waals surface area contributed by atoms with Crippen LogP contribution in [0.1, 0.15) is 38.5 Å². The smallest absolute Gasteiger partial charge is 0.475 e. The van der Waals surface area contributed by atoms with Crippen LogP contribution in [0.25, 0.3) is 0 Å². The summed E-state index contributed by atoms with van der Waals surface area (Å²) in [4.78, 5) is 26.1. The number of carboxylic acid groups (broad SMARTS) is 1. The van der Waals surface area contributed by atoms with Crippen LogP contribution in [0.3, 0.4) is 0 Å². The molecule has 7 nitrogen and oxygen atoms in total. The van der Waals surface area contributed by atoms with Gasteiger partial charge in [-0.2, -0.15) is 13.2 Å². The van der Waals surface area contributed by atoms with Crippen molar-refractivity contribution in [2.45, 2.75) is 56.4 Å². The van der Waals surface area contributed by atoms with Crippen LogP contribution in [-0.4, -0.2) is 90.6 Å². The normalized spacial score (nSPS) is 29.8. The third-order valence-electron chi connectivity index (χ3n) is 6.37. The second-order valence-electron chi connectivity index (χ2n) is 8.68. The van der Waals surface area contributed by atoms with Crippen LogP contribution in [0.15, 0.2) is 12.2 Å². The van der Waals surface area contributed by atoms with Crippen molar-refractivity contribution in [2.75, 3.05) is 45.9 Å². The SMILES string of the molecule is O=C(C1CC=CC1)N1CC[C@]2(CCC[C@H](CN3CCOCC3)O2)C1.O=C(O)C(F)(F)F. The molecule has 0 aromatic rings. The van der Waals surface area contributed by atoms with E-state index >= 15 is 0 Å². The number of carboxylic acids is 1. The summed E-state index contributed by atoms with van der Waals surface area (Å²) in [5.41, 5.74) is -0.0725. The number of nitrogens with zero attached hydrogens (tertiary/aromatic N) is 2. The zero-order chi connectivity index (χ0) is 22.5. The lowest BCUT2D eigenvalue weighted by Gasteiger charge is -2.41. The van der Waals surface area contributed by atoms with Crippen molar-refractivity contribution in [1.82, 2.24) is 9.80 Å². The van der Waals surface area contributed by atoms with Gasteiger partial charge in [0.05, 0.1) is 24.9 Å². The maximum atomic E-state index is 12.7. The highest BCUT2D eigenvalue weighted by Gasteiger charge is 2.45. The van der Waals surface area contributed by atoms with Crippen molar-refractivity contribution in [1.29, 1.82) is 0 Å². The molecule has 10 heteroatoms. The number of morpholine rings is 1. The fourth-order valence-electron chi connectivity index (χ4n) is 4.73. The number of halogens is 3. The molecule has 0 saturated carbocycles. The average molecular weight is 448 g/mol. The molecular formula is C21H31F3N2O5. The Morgan fingerprint density at radius 1 is 1.10 bits per heavy atom. The van der Waals surface area contributed by atoms with E-state index in [0.29, 0.717) is 12.0 Å². The number of ether oxygens (including phenoxy) is 2. The summed E-state index contributed by atoms with van der Waals surface area (Å²) in [6.07, 6.45) is 5.86. The second-order valence-corrected chi connectivity index (χ2v) is 8.68. The van der Waals surface area contributed by atoms with E-state index in [-0.39, 0.29) is 11.5 Å². The minimum absolute atomic E-state index is 0.0725. The quantitative estimate of drug-likeness (QED) is 0.669. The lowest BCUT2D eigenvalue weighted by atomic mass is 9.90. The van der Waals surface area contributed by atoms with Crippen LogP contribution in [0.5, 0.6) is 0 Å². The summed E-state index contributed by atoms with van der Waals surface area (Å²) < 4.78 is 43.8. The minimum Gasteiger partial charge on any atom is -0.475 e. The molecule has 0 aromatic heterocycles. The van der Waals surface area contributed by atoms with Crippen LogP contribution in [0.2, 0.25) is 0 Å². The van der Waals surface area contributed by atoms with Crippen molar-refractivity contribution >= 4 is 11.9 Å². The molecule has 4 rings (SSSR count). The standard InChI is InChI=1S/C19H30N2O3.C2HF3O2/c22-18(16-4-1-2-5-16)21-9-8-19(15-21)7-3-6-17(24-19)14-20-10-12-23-13-11-20;3-2(4,5)1(6)7/h1-2,16-17H,3-15H2;(H,6,7)/t17-,19-;/m1./s1. The van der Waals surface area contributed by atoms with Gasteiger partial charge in [0, 0.05) is 38.6 Å². The van der Waals surface area contributed by atoms with Crippen LogP contribution in [0, 0.1) is 5.92 Å². The summed E-state index contributed by atoms with van der Waals surface area (Å²) >= 11 is 0. The fraction of sp³-hybridized carbons (Fsp3) is 0.810. The number of alkyl halides is 3. The van der Waals surface area contributed by atoms with Gasteiger partial charge in [0.1, 0.15) is 0 Å². The molecule has 3 saturated heterocycles. The Bertz CT molecular complexity index is 658. The topological polar surface area (TPSA) is 79.3 Å². The first kappa shape index (κ1) is 24.0. The number of hydrogen-bond acceptors (Lipinski definition) is 5. The number of carbonyl (C=O) groups is 2. The number of carbonyl (C=O) groups excluding carboxylic acids is 1. The molecule has 0 aromatic carbocycles. The van der Waals surface area contributed by atoms with Crippen LogP contribution >= 0.6 is 0 Å². The summed E-state index contributed by atoms with van der Waals surface area (Å²) in [5.74, 6) is -2.23. The van der Waals surface area contributed by atoms with Gasteiger partial charge in [-0.25, -0.2) is 4.79 Å². The van der Waals surface area contributed by atoms with Crippen LogP contribution in [-0.2, 0) is 19.1 Å². The molecule has 1 amide bonds. The van der Waals surface area contributed by atoms with Crippen molar-refractivity contribution < 1.29 is 37.3 Å². The van der Waals surface area contributed by atoms with Gasteiger partial charge in [-0.3, -0.25) is 9.69 Å². The lowest BCUT2D eigenvalue weighted by molar-refractivity contribution is -0.192. The van der Waals surface area contributed by atoms with Crippen molar-refractivity contribution in [3.05, 3.63) is 12.2 Å². The molecule has 0 unspecified atom stereocenters. The van der Waals surface area contributed by atoms with Crippen LogP contribution in [0.4, 0.5) is 13.2 Å². The van der Waals surface area contributed by atoms with Gasteiger partial charge in [0.25, 0.3) is 0 Å². The first-order chi connectivity index (χ1) is 14.7. The number of aliphatic carboxylic acids is 1. The summed E-state index contributed by atoms with van der Waals surface area (Å²) in [5, 5.41) is 7.12. The molecule has 0 radical (unpaired) electrons. The number of allylic oxidation sites excluding steroid dienone is 2. The summed E-state index contributed by atoms with van der Waals surface area (Å²) in [7, 11) is 0. The van der Waals surface area contributed by atoms with Gasteiger partial charge in [0.15, 0.2) is 0 Å². The molecule has 1 aliphatic carbocycles. The molecule has 3 aliphatic heterocycles. The summed E-state index contributed by atoms with van der Waals surface area (Å²) in [6.45, 7) is 6.43. The van der Waals surface area contributed by atoms with Gasteiger partial charge in [-0.1, -0.05) is 12.2 Å². The van der Waals surface area contributed by atoms with Gasteiger partial charge < -0.3 is 19.5 Å². The third kappa shape index (κ3) is 6.66. The Kier molecular flexibility index (Phi) is 7.98. The highest BCUT2D eigenvalue weighted by atomic mass is 19.4. The van der Waals surface area contributed by atoms with Gasteiger partial charge >= 0.3 is 12.1 Å². The molecule has 1 spiro atoms. The van der Waals surface area contributed by atoms with Gasteiger partial charge in [0.2, 0.25) is 5.91 Å². The Labute approximate surface area is 180 Å². The predicted octanol–water partition coefficient (Wildman–Crippen LogP) is 2.46. The zero-order valence-electron chi connectivity index (χ0n) is 17.6. The molecule has 2 atom stereocenters. The maximum Gasteiger partial charge on any atom is 0.490 e. The van der Waals surface area contributed by atoms with E-state index in [0.717, 1.165) is 78.0 Å². The predicted molar refractivity (Wildman–Crippen MR) is 105 cm³/mol. The average Bonchev–Trinajstić information content (AvgIpc) is 3.39. The molecular weight excluding hydrogens is 417 g/mol. The number of hydrogen-bond donors (Lipinski definition) is 1. The number of rotatable bonds is 3. The van der Waals surface area contributed by atoms with Crippen molar-refractivity contribution in [2.24, 2.45) is 5.92 Å². The third-order valence-corrected chi connectivity index (χ3v) is 6.37. The van der Waals surface area contributed by atoms with Crippen LogP contribution < -0.4 is 0 Å². The first-order valence-corrected chi connectivity index (χ1v) is 10.9. The van der Waals surface area contributed by atoms with Crippen molar-refractivity contribution in [3.63, 3.8) is 0 Å².